The molecule has 108 valence electrons. The SMILES string of the molecule is O=C1NCCc2ccc(C(Cl)c3c(F)cccc3F)cc21. The monoisotopic (exact) mass is 307 g/mol. The molecule has 1 aliphatic heterocycles. The fourth-order valence-corrected chi connectivity index (χ4v) is 2.85. The Morgan fingerprint density at radius 1 is 1.14 bits per heavy atom. The summed E-state index contributed by atoms with van der Waals surface area (Å²) in [5, 5.41) is 1.76. The number of carbonyl (C=O) groups excluding carboxylic acids is 1. The van der Waals surface area contributed by atoms with Crippen molar-refractivity contribution in [2.24, 2.45) is 0 Å². The van der Waals surface area contributed by atoms with Crippen molar-refractivity contribution in [3.63, 3.8) is 0 Å². The fourth-order valence-electron chi connectivity index (χ4n) is 2.51. The van der Waals surface area contributed by atoms with Gasteiger partial charge in [-0.15, -0.1) is 11.6 Å². The van der Waals surface area contributed by atoms with Crippen LogP contribution in [-0.2, 0) is 6.42 Å². The van der Waals surface area contributed by atoms with E-state index in [9.17, 15) is 13.6 Å². The largest absolute Gasteiger partial charge is 0.352 e. The van der Waals surface area contributed by atoms with Crippen molar-refractivity contribution in [3.8, 4) is 0 Å². The predicted octanol–water partition coefficient (Wildman–Crippen LogP) is 3.58. The van der Waals surface area contributed by atoms with Crippen LogP contribution in [0.25, 0.3) is 0 Å². The highest BCUT2D eigenvalue weighted by molar-refractivity contribution is 6.22. The molecule has 1 aliphatic rings. The van der Waals surface area contributed by atoms with Crippen LogP contribution in [0.3, 0.4) is 0 Å². The molecule has 5 heteroatoms. The molecule has 0 aliphatic carbocycles. The highest BCUT2D eigenvalue weighted by Gasteiger charge is 2.23. The maximum atomic E-state index is 13.8. The van der Waals surface area contributed by atoms with E-state index >= 15 is 0 Å². The summed E-state index contributed by atoms with van der Waals surface area (Å²) in [6.07, 6.45) is 0.738. The molecule has 1 N–H and O–H groups in total. The smallest absolute Gasteiger partial charge is 0.251 e. The summed E-state index contributed by atoms with van der Waals surface area (Å²) >= 11 is 6.22. The van der Waals surface area contributed by atoms with Crippen molar-refractivity contribution in [1.29, 1.82) is 0 Å². The van der Waals surface area contributed by atoms with Crippen LogP contribution in [-0.4, -0.2) is 12.5 Å². The van der Waals surface area contributed by atoms with Crippen molar-refractivity contribution >= 4 is 17.5 Å². The number of nitrogens with one attached hydrogen (secondary N) is 1. The highest BCUT2D eigenvalue weighted by atomic mass is 35.5. The Kier molecular flexibility index (Phi) is 3.64. The third-order valence-electron chi connectivity index (χ3n) is 3.60. The summed E-state index contributed by atoms with van der Waals surface area (Å²) in [7, 11) is 0. The van der Waals surface area contributed by atoms with Gasteiger partial charge in [-0.25, -0.2) is 8.78 Å². The van der Waals surface area contributed by atoms with Crippen molar-refractivity contribution in [3.05, 3.63) is 70.3 Å². The molecule has 0 spiro atoms. The average Bonchev–Trinajstić information content (AvgIpc) is 2.47. The number of benzene rings is 2. The van der Waals surface area contributed by atoms with Gasteiger partial charge in [-0.05, 0) is 35.7 Å². The lowest BCUT2D eigenvalue weighted by Crippen LogP contribution is -2.31. The molecule has 1 heterocycles. The Labute approximate surface area is 125 Å². The minimum Gasteiger partial charge on any atom is -0.352 e. The van der Waals surface area contributed by atoms with E-state index < -0.39 is 17.0 Å². The van der Waals surface area contributed by atoms with Gasteiger partial charge in [-0.3, -0.25) is 4.79 Å². The number of hydrogen-bond donors (Lipinski definition) is 1. The molecule has 2 aromatic carbocycles. The second-order valence-corrected chi connectivity index (χ2v) is 5.36. The Morgan fingerprint density at radius 2 is 1.86 bits per heavy atom. The van der Waals surface area contributed by atoms with E-state index in [4.69, 9.17) is 11.6 Å². The van der Waals surface area contributed by atoms with Crippen LogP contribution in [0.2, 0.25) is 0 Å². The first-order valence-electron chi connectivity index (χ1n) is 6.57. The van der Waals surface area contributed by atoms with E-state index in [0.29, 0.717) is 17.7 Å². The van der Waals surface area contributed by atoms with E-state index in [1.165, 1.54) is 18.2 Å². The normalized spacial score (nSPS) is 15.3. The van der Waals surface area contributed by atoms with E-state index in [1.807, 2.05) is 0 Å². The molecule has 21 heavy (non-hydrogen) atoms. The lowest BCUT2D eigenvalue weighted by Gasteiger charge is -2.19. The maximum absolute atomic E-state index is 13.8. The molecule has 1 amide bonds. The lowest BCUT2D eigenvalue weighted by atomic mass is 9.94. The predicted molar refractivity (Wildman–Crippen MR) is 76.5 cm³/mol. The summed E-state index contributed by atoms with van der Waals surface area (Å²) in [6, 6.07) is 8.72. The second kappa shape index (κ2) is 5.45. The molecule has 0 radical (unpaired) electrons. The fraction of sp³-hybridized carbons (Fsp3) is 0.188. The van der Waals surface area contributed by atoms with Gasteiger partial charge in [0.25, 0.3) is 5.91 Å². The standard InChI is InChI=1S/C16H12ClF2NO/c17-15(14-12(18)2-1-3-13(14)19)10-5-4-9-6-7-20-16(21)11(9)8-10/h1-5,8,15H,6-7H2,(H,20,21). The quantitative estimate of drug-likeness (QED) is 0.844. The second-order valence-electron chi connectivity index (χ2n) is 4.92. The molecule has 3 rings (SSSR count). The summed E-state index contributed by atoms with van der Waals surface area (Å²) in [6.45, 7) is 0.595. The molecule has 0 saturated carbocycles. The molecule has 2 aromatic rings. The average molecular weight is 308 g/mol. The molecular weight excluding hydrogens is 296 g/mol. The first kappa shape index (κ1) is 14.0. The van der Waals surface area contributed by atoms with Gasteiger partial charge >= 0.3 is 0 Å². The van der Waals surface area contributed by atoms with Crippen molar-refractivity contribution < 1.29 is 13.6 Å². The third kappa shape index (κ3) is 2.51. The van der Waals surface area contributed by atoms with E-state index in [0.717, 1.165) is 12.0 Å². The summed E-state index contributed by atoms with van der Waals surface area (Å²) in [5.41, 5.74) is 1.73. The zero-order chi connectivity index (χ0) is 15.0. The van der Waals surface area contributed by atoms with Gasteiger partial charge in [-0.2, -0.15) is 0 Å². The first-order chi connectivity index (χ1) is 10.1. The molecule has 0 bridgehead atoms. The maximum Gasteiger partial charge on any atom is 0.251 e. The number of alkyl halides is 1. The van der Waals surface area contributed by atoms with Crippen LogP contribution in [0.4, 0.5) is 8.78 Å². The van der Waals surface area contributed by atoms with Crippen LogP contribution < -0.4 is 5.32 Å². The van der Waals surface area contributed by atoms with Gasteiger partial charge in [0, 0.05) is 17.7 Å². The minimum atomic E-state index is -0.980. The molecule has 1 unspecified atom stereocenters. The van der Waals surface area contributed by atoms with Gasteiger partial charge in [-0.1, -0.05) is 18.2 Å². The van der Waals surface area contributed by atoms with Crippen molar-refractivity contribution in [1.82, 2.24) is 5.32 Å². The van der Waals surface area contributed by atoms with Gasteiger partial charge < -0.3 is 5.32 Å². The van der Waals surface area contributed by atoms with Crippen LogP contribution in [0, 0.1) is 11.6 Å². The van der Waals surface area contributed by atoms with Gasteiger partial charge in [0.2, 0.25) is 0 Å². The molecule has 2 nitrogen and oxygen atoms in total. The minimum absolute atomic E-state index is 0.184. The van der Waals surface area contributed by atoms with Crippen LogP contribution in [0.5, 0.6) is 0 Å². The Balaban J connectivity index is 2.05. The molecule has 0 aromatic heterocycles. The molecule has 0 saturated heterocycles. The van der Waals surface area contributed by atoms with E-state index in [2.05, 4.69) is 5.32 Å². The van der Waals surface area contributed by atoms with Crippen molar-refractivity contribution in [2.45, 2.75) is 11.8 Å². The zero-order valence-electron chi connectivity index (χ0n) is 11.0. The Hall–Kier alpha value is -1.94. The highest BCUT2D eigenvalue weighted by Crippen LogP contribution is 2.33. The van der Waals surface area contributed by atoms with Crippen LogP contribution in [0.15, 0.2) is 36.4 Å². The number of fused-ring (bicyclic) bond motifs is 1. The van der Waals surface area contributed by atoms with Gasteiger partial charge in [0.05, 0.1) is 5.38 Å². The summed E-state index contributed by atoms with van der Waals surface area (Å²) in [5.74, 6) is -1.58. The number of halogens is 3. The lowest BCUT2D eigenvalue weighted by molar-refractivity contribution is 0.0946. The molecule has 1 atom stereocenters. The Morgan fingerprint density at radius 3 is 2.57 bits per heavy atom. The Bertz CT molecular complexity index is 697. The number of carbonyl (C=O) groups is 1. The summed E-state index contributed by atoms with van der Waals surface area (Å²) in [4.78, 5) is 11.8. The van der Waals surface area contributed by atoms with E-state index in [-0.39, 0.29) is 11.5 Å². The first-order valence-corrected chi connectivity index (χ1v) is 7.00. The third-order valence-corrected chi connectivity index (χ3v) is 4.07. The number of hydrogen-bond acceptors (Lipinski definition) is 1. The zero-order valence-corrected chi connectivity index (χ0v) is 11.8. The number of amides is 1. The van der Waals surface area contributed by atoms with Gasteiger partial charge in [0.15, 0.2) is 0 Å². The van der Waals surface area contributed by atoms with E-state index in [1.54, 1.807) is 18.2 Å². The topological polar surface area (TPSA) is 29.1 Å². The van der Waals surface area contributed by atoms with Crippen LogP contribution >= 0.6 is 11.6 Å². The van der Waals surface area contributed by atoms with Gasteiger partial charge in [0.1, 0.15) is 11.6 Å². The van der Waals surface area contributed by atoms with Crippen molar-refractivity contribution in [2.75, 3.05) is 6.54 Å². The molecule has 0 fully saturated rings. The molecular formula is C16H12ClF2NO. The summed E-state index contributed by atoms with van der Waals surface area (Å²) < 4.78 is 27.6. The number of rotatable bonds is 2. The van der Waals surface area contributed by atoms with Crippen LogP contribution in [0.1, 0.15) is 32.4 Å².